The van der Waals surface area contributed by atoms with E-state index in [0.29, 0.717) is 0 Å². The number of rotatable bonds is 9. The number of hydrogen-bond acceptors (Lipinski definition) is 2. The molecule has 1 fully saturated rings. The molecule has 19 heavy (non-hydrogen) atoms. The fourth-order valence-corrected chi connectivity index (χ4v) is 2.85. The molecular weight excluding hydrogens is 232 g/mol. The summed E-state index contributed by atoms with van der Waals surface area (Å²) in [6.07, 6.45) is 6.97. The fraction of sp³-hybridized carbons (Fsp3) is 1.00. The first-order valence-corrected chi connectivity index (χ1v) is 8.52. The molecule has 2 nitrogen and oxygen atoms in total. The smallest absolute Gasteiger partial charge is 0.0110 e. The molecule has 0 unspecified atom stereocenters. The number of piperazine rings is 1. The summed E-state index contributed by atoms with van der Waals surface area (Å²) >= 11 is 0. The second-order valence-electron chi connectivity index (χ2n) is 7.11. The lowest BCUT2D eigenvalue weighted by Crippen LogP contribution is -2.46. The Morgan fingerprint density at radius 2 is 1.05 bits per heavy atom. The topological polar surface area (TPSA) is 6.48 Å². The summed E-state index contributed by atoms with van der Waals surface area (Å²) in [5.74, 6) is 1.74. The first kappa shape index (κ1) is 17.0. The lowest BCUT2D eigenvalue weighted by atomic mass is 10.1. The fourth-order valence-electron chi connectivity index (χ4n) is 2.85. The lowest BCUT2D eigenvalue weighted by molar-refractivity contribution is 0.128. The Hall–Kier alpha value is -0.0800. The van der Waals surface area contributed by atoms with Gasteiger partial charge < -0.3 is 9.80 Å². The van der Waals surface area contributed by atoms with E-state index in [-0.39, 0.29) is 0 Å². The van der Waals surface area contributed by atoms with Crippen molar-refractivity contribution in [3.63, 3.8) is 0 Å². The molecular formula is C17H36N2. The average molecular weight is 268 g/mol. The van der Waals surface area contributed by atoms with Gasteiger partial charge in [0.15, 0.2) is 0 Å². The predicted molar refractivity (Wildman–Crippen MR) is 85.6 cm³/mol. The van der Waals surface area contributed by atoms with Gasteiger partial charge in [0.25, 0.3) is 0 Å². The van der Waals surface area contributed by atoms with Crippen molar-refractivity contribution >= 4 is 0 Å². The zero-order valence-electron chi connectivity index (χ0n) is 13.8. The summed E-state index contributed by atoms with van der Waals surface area (Å²) in [4.78, 5) is 5.33. The number of hydrogen-bond donors (Lipinski definition) is 0. The van der Waals surface area contributed by atoms with Gasteiger partial charge in [-0.1, -0.05) is 40.5 Å². The maximum atomic E-state index is 2.67. The van der Waals surface area contributed by atoms with Crippen LogP contribution in [0.5, 0.6) is 0 Å². The van der Waals surface area contributed by atoms with Crippen molar-refractivity contribution < 1.29 is 0 Å². The van der Waals surface area contributed by atoms with Crippen LogP contribution in [0, 0.1) is 11.8 Å². The van der Waals surface area contributed by atoms with Crippen molar-refractivity contribution in [1.29, 1.82) is 0 Å². The SMILES string of the molecule is CC(C)CCCCN1CCN(CCCC(C)C)CC1. The van der Waals surface area contributed by atoms with Gasteiger partial charge in [0.05, 0.1) is 0 Å². The van der Waals surface area contributed by atoms with Crippen LogP contribution >= 0.6 is 0 Å². The minimum absolute atomic E-state index is 0.863. The molecule has 0 aromatic heterocycles. The van der Waals surface area contributed by atoms with Crippen LogP contribution in [0.15, 0.2) is 0 Å². The third kappa shape index (κ3) is 8.65. The zero-order valence-corrected chi connectivity index (χ0v) is 13.8. The molecule has 1 rings (SSSR count). The molecule has 0 spiro atoms. The zero-order chi connectivity index (χ0) is 14.1. The first-order chi connectivity index (χ1) is 9.08. The number of unbranched alkanes of at least 4 members (excludes halogenated alkanes) is 1. The molecule has 0 atom stereocenters. The maximum absolute atomic E-state index is 2.67. The van der Waals surface area contributed by atoms with Crippen molar-refractivity contribution in [2.24, 2.45) is 11.8 Å². The van der Waals surface area contributed by atoms with E-state index < -0.39 is 0 Å². The van der Waals surface area contributed by atoms with Gasteiger partial charge in [0, 0.05) is 26.2 Å². The van der Waals surface area contributed by atoms with Gasteiger partial charge in [0.1, 0.15) is 0 Å². The summed E-state index contributed by atoms with van der Waals surface area (Å²) in [6.45, 7) is 17.1. The Balaban J connectivity index is 1.99. The lowest BCUT2D eigenvalue weighted by Gasteiger charge is -2.34. The standard InChI is InChI=1S/C17H36N2/c1-16(2)8-5-6-10-18-12-14-19(15-13-18)11-7-9-17(3)4/h16-17H,5-15H2,1-4H3. The van der Waals surface area contributed by atoms with E-state index in [1.165, 1.54) is 71.4 Å². The van der Waals surface area contributed by atoms with Crippen LogP contribution in [-0.4, -0.2) is 49.1 Å². The van der Waals surface area contributed by atoms with Gasteiger partial charge in [-0.3, -0.25) is 0 Å². The molecule has 1 saturated heterocycles. The quantitative estimate of drug-likeness (QED) is 0.586. The monoisotopic (exact) mass is 268 g/mol. The minimum Gasteiger partial charge on any atom is -0.301 e. The molecule has 0 radical (unpaired) electrons. The normalized spacial score (nSPS) is 18.6. The molecule has 0 bridgehead atoms. The molecule has 0 N–H and O–H groups in total. The second kappa shape index (κ2) is 9.77. The Bertz CT molecular complexity index is 205. The summed E-state index contributed by atoms with van der Waals surface area (Å²) in [7, 11) is 0. The van der Waals surface area contributed by atoms with E-state index in [9.17, 15) is 0 Å². The third-order valence-corrected chi connectivity index (χ3v) is 4.23. The molecule has 0 aromatic carbocycles. The van der Waals surface area contributed by atoms with Gasteiger partial charge >= 0.3 is 0 Å². The minimum atomic E-state index is 0.863. The van der Waals surface area contributed by atoms with Crippen LogP contribution in [-0.2, 0) is 0 Å². The Labute approximate surface area is 121 Å². The highest BCUT2D eigenvalue weighted by Gasteiger charge is 2.15. The third-order valence-electron chi connectivity index (χ3n) is 4.23. The van der Waals surface area contributed by atoms with Crippen LogP contribution in [0.2, 0.25) is 0 Å². The number of nitrogens with zero attached hydrogens (tertiary/aromatic N) is 2. The van der Waals surface area contributed by atoms with Crippen LogP contribution in [0.4, 0.5) is 0 Å². The maximum Gasteiger partial charge on any atom is 0.0110 e. The molecule has 1 heterocycles. The molecule has 1 aliphatic rings. The van der Waals surface area contributed by atoms with E-state index in [1.807, 2.05) is 0 Å². The largest absolute Gasteiger partial charge is 0.301 e. The first-order valence-electron chi connectivity index (χ1n) is 8.52. The van der Waals surface area contributed by atoms with Crippen LogP contribution in [0.1, 0.15) is 59.8 Å². The van der Waals surface area contributed by atoms with Crippen LogP contribution in [0.3, 0.4) is 0 Å². The summed E-state index contributed by atoms with van der Waals surface area (Å²) < 4.78 is 0. The Morgan fingerprint density at radius 3 is 1.53 bits per heavy atom. The highest BCUT2D eigenvalue weighted by atomic mass is 15.3. The summed E-state index contributed by atoms with van der Waals surface area (Å²) in [5, 5.41) is 0. The summed E-state index contributed by atoms with van der Waals surface area (Å²) in [5.41, 5.74) is 0. The predicted octanol–water partition coefficient (Wildman–Crippen LogP) is 3.87. The molecule has 114 valence electrons. The van der Waals surface area contributed by atoms with Gasteiger partial charge in [-0.05, 0) is 44.2 Å². The highest BCUT2D eigenvalue weighted by molar-refractivity contribution is 4.72. The van der Waals surface area contributed by atoms with Gasteiger partial charge in [0.2, 0.25) is 0 Å². The van der Waals surface area contributed by atoms with Crippen molar-refractivity contribution in [3.05, 3.63) is 0 Å². The second-order valence-corrected chi connectivity index (χ2v) is 7.11. The Morgan fingerprint density at radius 1 is 0.632 bits per heavy atom. The molecule has 0 saturated carbocycles. The van der Waals surface area contributed by atoms with Crippen LogP contribution < -0.4 is 0 Å². The van der Waals surface area contributed by atoms with E-state index >= 15 is 0 Å². The Kier molecular flexibility index (Phi) is 8.72. The van der Waals surface area contributed by atoms with E-state index in [4.69, 9.17) is 0 Å². The van der Waals surface area contributed by atoms with Crippen molar-refractivity contribution in [1.82, 2.24) is 9.80 Å². The van der Waals surface area contributed by atoms with E-state index in [2.05, 4.69) is 37.5 Å². The average Bonchev–Trinajstić information content (AvgIpc) is 2.36. The van der Waals surface area contributed by atoms with Gasteiger partial charge in [-0.25, -0.2) is 0 Å². The molecule has 0 amide bonds. The van der Waals surface area contributed by atoms with Crippen LogP contribution in [0.25, 0.3) is 0 Å². The molecule has 0 aromatic rings. The van der Waals surface area contributed by atoms with Crippen molar-refractivity contribution in [2.45, 2.75) is 59.8 Å². The molecule has 0 aliphatic carbocycles. The van der Waals surface area contributed by atoms with E-state index in [0.717, 1.165) is 11.8 Å². The summed E-state index contributed by atoms with van der Waals surface area (Å²) in [6, 6.07) is 0. The van der Waals surface area contributed by atoms with Crippen molar-refractivity contribution in [2.75, 3.05) is 39.3 Å². The van der Waals surface area contributed by atoms with Gasteiger partial charge in [-0.15, -0.1) is 0 Å². The highest BCUT2D eigenvalue weighted by Crippen LogP contribution is 2.10. The van der Waals surface area contributed by atoms with Crippen molar-refractivity contribution in [3.8, 4) is 0 Å². The van der Waals surface area contributed by atoms with E-state index in [1.54, 1.807) is 0 Å². The molecule has 1 aliphatic heterocycles. The van der Waals surface area contributed by atoms with Gasteiger partial charge in [-0.2, -0.15) is 0 Å². The molecule has 2 heteroatoms.